The number of nitrogens with one attached hydrogen (secondary N) is 2. The first-order valence-corrected chi connectivity index (χ1v) is 8.04. The Balaban J connectivity index is 2.15. The van der Waals surface area contributed by atoms with Gasteiger partial charge >= 0.3 is 12.4 Å². The summed E-state index contributed by atoms with van der Waals surface area (Å²) in [5, 5.41) is 2.81. The molecule has 26 heavy (non-hydrogen) atoms. The van der Waals surface area contributed by atoms with Crippen LogP contribution in [0.5, 0.6) is 0 Å². The second-order valence-corrected chi connectivity index (χ2v) is 6.65. The average Bonchev–Trinajstić information content (AvgIpc) is 2.49. The number of hydrogen-bond donors (Lipinski definition) is 2. The van der Waals surface area contributed by atoms with Crippen LogP contribution in [0.2, 0.25) is 0 Å². The zero-order valence-electron chi connectivity index (χ0n) is 13.7. The maximum absolute atomic E-state index is 13.3. The van der Waals surface area contributed by atoms with Crippen LogP contribution in [0, 0.1) is 5.92 Å². The molecule has 2 atom stereocenters. The molecule has 9 heteroatoms. The predicted octanol–water partition coefficient (Wildman–Crippen LogP) is 5.03. The van der Waals surface area contributed by atoms with Gasteiger partial charge in [0.1, 0.15) is 0 Å². The van der Waals surface area contributed by atoms with E-state index in [0.717, 1.165) is 0 Å². The van der Waals surface area contributed by atoms with Gasteiger partial charge in [0.05, 0.1) is 11.1 Å². The molecule has 0 fully saturated rings. The van der Waals surface area contributed by atoms with E-state index in [2.05, 4.69) is 10.3 Å². The highest BCUT2D eigenvalue weighted by Gasteiger charge is 2.36. The van der Waals surface area contributed by atoms with Gasteiger partial charge in [-0.1, -0.05) is 6.92 Å². The summed E-state index contributed by atoms with van der Waals surface area (Å²) in [4.78, 5) is 13.9. The van der Waals surface area contributed by atoms with E-state index in [-0.39, 0.29) is 23.2 Å². The van der Waals surface area contributed by atoms with Crippen LogP contribution in [0.1, 0.15) is 36.8 Å². The van der Waals surface area contributed by atoms with Gasteiger partial charge in [0.2, 0.25) is 5.56 Å². The molecule has 0 aliphatic carbocycles. The van der Waals surface area contributed by atoms with E-state index in [1.54, 1.807) is 6.92 Å². The molecule has 0 bridgehead atoms. The summed E-state index contributed by atoms with van der Waals surface area (Å²) in [6, 6.07) is 3.10. The Labute approximate surface area is 144 Å². The summed E-state index contributed by atoms with van der Waals surface area (Å²) < 4.78 is 77.8. The average molecular weight is 378 g/mol. The Bertz CT molecular complexity index is 884. The van der Waals surface area contributed by atoms with Gasteiger partial charge in [-0.2, -0.15) is 26.3 Å². The van der Waals surface area contributed by atoms with Crippen molar-refractivity contribution in [2.45, 2.75) is 38.0 Å². The van der Waals surface area contributed by atoms with Crippen molar-refractivity contribution in [3.05, 3.63) is 39.7 Å². The molecule has 0 radical (unpaired) electrons. The molecule has 2 aromatic rings. The van der Waals surface area contributed by atoms with E-state index in [1.807, 2.05) is 0 Å². The minimum Gasteiger partial charge on any atom is -0.384 e. The number of benzene rings is 1. The topological polar surface area (TPSA) is 44.9 Å². The molecule has 1 aromatic carbocycles. The van der Waals surface area contributed by atoms with Crippen molar-refractivity contribution in [2.24, 2.45) is 5.92 Å². The predicted molar refractivity (Wildman–Crippen MR) is 85.3 cm³/mol. The van der Waals surface area contributed by atoms with Crippen LogP contribution < -0.4 is 10.9 Å². The first-order chi connectivity index (χ1) is 12.0. The van der Waals surface area contributed by atoms with Crippen molar-refractivity contribution in [3.63, 3.8) is 0 Å². The van der Waals surface area contributed by atoms with E-state index >= 15 is 0 Å². The van der Waals surface area contributed by atoms with Crippen molar-refractivity contribution in [3.8, 4) is 0 Å². The van der Waals surface area contributed by atoms with Gasteiger partial charge in [0.15, 0.2) is 0 Å². The van der Waals surface area contributed by atoms with Crippen molar-refractivity contribution >= 4 is 16.6 Å². The van der Waals surface area contributed by atoms with Gasteiger partial charge < -0.3 is 10.3 Å². The molecule has 0 spiro atoms. The number of aromatic amines is 1. The maximum Gasteiger partial charge on any atom is 0.417 e. The molecule has 142 valence electrons. The number of hydrogen-bond acceptors (Lipinski definition) is 2. The molecule has 1 aliphatic heterocycles. The normalized spacial score (nSPS) is 20.7. The number of halogens is 6. The zero-order chi connectivity index (χ0) is 19.3. The highest BCUT2D eigenvalue weighted by molar-refractivity contribution is 5.87. The second-order valence-electron chi connectivity index (χ2n) is 6.65. The van der Waals surface area contributed by atoms with E-state index < -0.39 is 35.8 Å². The largest absolute Gasteiger partial charge is 0.417 e. The number of fused-ring (bicyclic) bond motifs is 2. The minimum atomic E-state index is -4.74. The quantitative estimate of drug-likeness (QED) is 0.720. The highest BCUT2D eigenvalue weighted by Crippen LogP contribution is 2.43. The molecule has 2 heterocycles. The van der Waals surface area contributed by atoms with Crippen LogP contribution in [0.3, 0.4) is 0 Å². The lowest BCUT2D eigenvalue weighted by Crippen LogP contribution is -2.27. The number of alkyl halides is 6. The van der Waals surface area contributed by atoms with Crippen molar-refractivity contribution in [1.82, 2.24) is 4.98 Å². The highest BCUT2D eigenvalue weighted by atomic mass is 19.4. The first kappa shape index (κ1) is 18.6. The standard InChI is InChI=1S/C17H16F6N2O/c1-8-7-24-13-6-14-11(12(17(21,22)23)5-15(26)25-14)4-10(13)9(8)2-3-16(18,19)20/h4-6,8-9,24H,2-3,7H2,1H3,(H,25,26)/t8-,9+/m0/s1. The number of pyridine rings is 1. The molecule has 0 saturated heterocycles. The van der Waals surface area contributed by atoms with Crippen molar-refractivity contribution in [1.29, 1.82) is 0 Å². The van der Waals surface area contributed by atoms with Gasteiger partial charge in [-0.05, 0) is 36.0 Å². The van der Waals surface area contributed by atoms with Crippen LogP contribution in [-0.2, 0) is 6.18 Å². The molecule has 3 rings (SSSR count). The Hall–Kier alpha value is -2.19. The van der Waals surface area contributed by atoms with E-state index in [4.69, 9.17) is 0 Å². The number of anilines is 1. The van der Waals surface area contributed by atoms with Crippen LogP contribution in [0.4, 0.5) is 32.0 Å². The lowest BCUT2D eigenvalue weighted by Gasteiger charge is -2.33. The van der Waals surface area contributed by atoms with E-state index in [0.29, 0.717) is 23.9 Å². The Morgan fingerprint density at radius 3 is 2.42 bits per heavy atom. The van der Waals surface area contributed by atoms with Gasteiger partial charge in [0.25, 0.3) is 0 Å². The second kappa shape index (κ2) is 6.21. The third-order valence-electron chi connectivity index (χ3n) is 4.76. The number of rotatable bonds is 2. The summed E-state index contributed by atoms with van der Waals surface area (Å²) in [6.45, 7) is 2.17. The molecule has 2 N–H and O–H groups in total. The van der Waals surface area contributed by atoms with E-state index in [9.17, 15) is 31.1 Å². The molecular formula is C17H16F6N2O. The summed E-state index contributed by atoms with van der Waals surface area (Å²) in [5.41, 5.74) is -1.11. The third-order valence-corrected chi connectivity index (χ3v) is 4.76. The van der Waals surface area contributed by atoms with Crippen LogP contribution >= 0.6 is 0 Å². The fourth-order valence-electron chi connectivity index (χ4n) is 3.49. The van der Waals surface area contributed by atoms with E-state index in [1.165, 1.54) is 12.1 Å². The van der Waals surface area contributed by atoms with Gasteiger partial charge in [0, 0.05) is 30.1 Å². The monoisotopic (exact) mass is 378 g/mol. The third kappa shape index (κ3) is 3.66. The lowest BCUT2D eigenvalue weighted by atomic mass is 9.79. The number of H-pyrrole nitrogens is 1. The zero-order valence-corrected chi connectivity index (χ0v) is 13.7. The molecular weight excluding hydrogens is 362 g/mol. The van der Waals surface area contributed by atoms with Crippen molar-refractivity contribution < 1.29 is 26.3 Å². The van der Waals surface area contributed by atoms with Crippen molar-refractivity contribution in [2.75, 3.05) is 11.9 Å². The lowest BCUT2D eigenvalue weighted by molar-refractivity contribution is -0.137. The fraction of sp³-hybridized carbons (Fsp3) is 0.471. The van der Waals surface area contributed by atoms with Crippen LogP contribution in [0.15, 0.2) is 23.0 Å². The molecule has 3 nitrogen and oxygen atoms in total. The number of aromatic nitrogens is 1. The Morgan fingerprint density at radius 2 is 1.81 bits per heavy atom. The smallest absolute Gasteiger partial charge is 0.384 e. The van der Waals surface area contributed by atoms with Crippen LogP contribution in [-0.4, -0.2) is 17.7 Å². The molecule has 0 unspecified atom stereocenters. The van der Waals surface area contributed by atoms with Gasteiger partial charge in [-0.25, -0.2) is 0 Å². The molecule has 1 aliphatic rings. The molecule has 1 aromatic heterocycles. The van der Waals surface area contributed by atoms with Gasteiger partial charge in [-0.15, -0.1) is 0 Å². The Kier molecular flexibility index (Phi) is 4.44. The maximum atomic E-state index is 13.3. The first-order valence-electron chi connectivity index (χ1n) is 8.04. The molecule has 0 saturated carbocycles. The molecule has 0 amide bonds. The summed E-state index contributed by atoms with van der Waals surface area (Å²) in [6.07, 6.45) is -10.3. The summed E-state index contributed by atoms with van der Waals surface area (Å²) in [5.74, 6) is -0.690. The van der Waals surface area contributed by atoms with Crippen LogP contribution in [0.25, 0.3) is 10.9 Å². The fourth-order valence-corrected chi connectivity index (χ4v) is 3.49. The van der Waals surface area contributed by atoms with Gasteiger partial charge in [-0.3, -0.25) is 4.79 Å². The minimum absolute atomic E-state index is 0.000185. The SMILES string of the molecule is C[C@H]1CNc2cc3[nH]c(=O)cc(C(F)(F)F)c3cc2[C@@H]1CCC(F)(F)F. The summed E-state index contributed by atoms with van der Waals surface area (Å²) >= 11 is 0. The Morgan fingerprint density at radius 1 is 1.12 bits per heavy atom. The summed E-state index contributed by atoms with van der Waals surface area (Å²) in [7, 11) is 0.